The highest BCUT2D eigenvalue weighted by atomic mass is 32.2. The molecular weight excluding hydrogens is 531 g/mol. The van der Waals surface area contributed by atoms with Crippen LogP contribution in [0.1, 0.15) is 27.0 Å². The first-order valence-corrected chi connectivity index (χ1v) is 11.8. The van der Waals surface area contributed by atoms with Gasteiger partial charge in [0, 0.05) is 11.1 Å². The first-order chi connectivity index (χ1) is 17.2. The van der Waals surface area contributed by atoms with Gasteiger partial charge < -0.3 is 5.32 Å². The van der Waals surface area contributed by atoms with Crippen molar-refractivity contribution >= 4 is 32.5 Å². The molecule has 0 bridgehead atoms. The van der Waals surface area contributed by atoms with Crippen molar-refractivity contribution in [3.05, 3.63) is 94.9 Å². The molecule has 0 fully saturated rings. The van der Waals surface area contributed by atoms with Crippen molar-refractivity contribution in [2.24, 2.45) is 0 Å². The number of carbonyl (C=O) groups excluding carboxylic acids is 1. The molecule has 1 amide bonds. The summed E-state index contributed by atoms with van der Waals surface area (Å²) in [4.78, 5) is 12.5. The van der Waals surface area contributed by atoms with E-state index in [1.807, 2.05) is 0 Å². The van der Waals surface area contributed by atoms with Gasteiger partial charge in [-0.1, -0.05) is 18.2 Å². The van der Waals surface area contributed by atoms with E-state index in [0.29, 0.717) is 16.2 Å². The first kappa shape index (κ1) is 26.1. The summed E-state index contributed by atoms with van der Waals surface area (Å²) in [6.45, 7) is 0. The summed E-state index contributed by atoms with van der Waals surface area (Å²) < 4.78 is 119. The average Bonchev–Trinajstić information content (AvgIpc) is 3.22. The number of aromatic nitrogens is 2. The van der Waals surface area contributed by atoms with Crippen molar-refractivity contribution in [2.45, 2.75) is 18.1 Å². The number of rotatable bonds is 5. The summed E-state index contributed by atoms with van der Waals surface area (Å²) >= 11 is 0. The molecule has 3 aromatic carbocycles. The third-order valence-electron chi connectivity index (χ3n) is 5.24. The third kappa shape index (κ3) is 5.43. The second-order valence-electron chi connectivity index (χ2n) is 7.83. The molecule has 0 radical (unpaired) electrons. The zero-order chi connectivity index (χ0) is 27.2. The molecule has 0 unspecified atom stereocenters. The third-order valence-corrected chi connectivity index (χ3v) is 6.75. The Morgan fingerprint density at radius 3 is 2.22 bits per heavy atom. The van der Waals surface area contributed by atoms with Gasteiger partial charge in [-0.3, -0.25) is 4.79 Å². The molecule has 194 valence electrons. The number of fused-ring (bicyclic) bond motifs is 1. The van der Waals surface area contributed by atoms with Gasteiger partial charge in [0.25, 0.3) is 15.9 Å². The summed E-state index contributed by atoms with van der Waals surface area (Å²) in [5.74, 6) is -3.54. The van der Waals surface area contributed by atoms with Gasteiger partial charge in [0.05, 0.1) is 34.2 Å². The molecule has 0 spiro atoms. The maximum atomic E-state index is 14.1. The number of alkyl halides is 6. The highest BCUT2D eigenvalue weighted by Gasteiger charge is 2.37. The molecule has 0 atom stereocenters. The zero-order valence-electron chi connectivity index (χ0n) is 18.2. The molecule has 0 aliphatic rings. The molecule has 14 heteroatoms. The van der Waals surface area contributed by atoms with E-state index in [2.05, 4.69) is 10.4 Å². The number of benzene rings is 3. The Morgan fingerprint density at radius 2 is 1.59 bits per heavy atom. The van der Waals surface area contributed by atoms with Crippen LogP contribution < -0.4 is 5.32 Å². The van der Waals surface area contributed by atoms with Crippen molar-refractivity contribution in [3.63, 3.8) is 0 Å². The minimum atomic E-state index is -5.01. The number of halogens is 7. The topological polar surface area (TPSA) is 81.1 Å². The summed E-state index contributed by atoms with van der Waals surface area (Å²) in [6, 6.07) is 9.21. The number of carbonyl (C=O) groups is 1. The lowest BCUT2D eigenvalue weighted by Gasteiger charge is -2.14. The Hall–Kier alpha value is -3.94. The average molecular weight is 545 g/mol. The van der Waals surface area contributed by atoms with Crippen LogP contribution in [0.2, 0.25) is 0 Å². The van der Waals surface area contributed by atoms with Crippen molar-refractivity contribution in [1.82, 2.24) is 9.19 Å². The number of nitrogens with one attached hydrogen (secondary N) is 1. The van der Waals surface area contributed by atoms with E-state index in [-0.39, 0.29) is 22.2 Å². The predicted octanol–water partition coefficient (Wildman–Crippen LogP) is 5.84. The molecule has 0 saturated heterocycles. The molecule has 4 aromatic rings. The van der Waals surface area contributed by atoms with Crippen LogP contribution in [0.25, 0.3) is 10.9 Å². The highest BCUT2D eigenvalue weighted by Crippen LogP contribution is 2.34. The van der Waals surface area contributed by atoms with E-state index in [1.165, 1.54) is 18.3 Å². The number of anilines is 1. The van der Waals surface area contributed by atoms with Gasteiger partial charge in [-0.2, -0.15) is 35.5 Å². The van der Waals surface area contributed by atoms with Crippen LogP contribution in [0.3, 0.4) is 0 Å². The van der Waals surface area contributed by atoms with Crippen LogP contribution in [-0.2, 0) is 28.1 Å². The summed E-state index contributed by atoms with van der Waals surface area (Å²) in [5.41, 5.74) is -3.87. The van der Waals surface area contributed by atoms with Crippen molar-refractivity contribution in [2.75, 3.05) is 5.32 Å². The molecule has 6 nitrogen and oxygen atoms in total. The fourth-order valence-corrected chi connectivity index (χ4v) is 4.93. The van der Waals surface area contributed by atoms with Gasteiger partial charge in [-0.25, -0.2) is 12.8 Å². The van der Waals surface area contributed by atoms with E-state index in [1.54, 1.807) is 0 Å². The van der Waals surface area contributed by atoms with Crippen LogP contribution in [0.4, 0.5) is 36.4 Å². The van der Waals surface area contributed by atoms with E-state index >= 15 is 0 Å². The highest BCUT2D eigenvalue weighted by molar-refractivity contribution is 7.89. The molecule has 1 N–H and O–H groups in total. The monoisotopic (exact) mass is 545 g/mol. The van der Waals surface area contributed by atoms with Gasteiger partial charge in [-0.05, 0) is 48.0 Å². The molecule has 0 aliphatic carbocycles. The van der Waals surface area contributed by atoms with Crippen molar-refractivity contribution < 1.29 is 43.9 Å². The number of amides is 1. The molecule has 0 aliphatic heterocycles. The molecule has 1 heterocycles. The van der Waals surface area contributed by atoms with Gasteiger partial charge in [-0.15, -0.1) is 0 Å². The summed E-state index contributed by atoms with van der Waals surface area (Å²) in [6.07, 6.45) is -8.44. The van der Waals surface area contributed by atoms with E-state index in [9.17, 15) is 43.9 Å². The first-order valence-electron chi connectivity index (χ1n) is 10.2. The number of nitrogens with zero attached hydrogens (tertiary/aromatic N) is 2. The largest absolute Gasteiger partial charge is 0.417 e. The van der Waals surface area contributed by atoms with E-state index in [0.717, 1.165) is 36.4 Å². The van der Waals surface area contributed by atoms with Crippen molar-refractivity contribution in [1.29, 1.82) is 0 Å². The molecule has 1 aromatic heterocycles. The Kier molecular flexibility index (Phi) is 6.48. The lowest BCUT2D eigenvalue weighted by Crippen LogP contribution is -2.20. The predicted molar refractivity (Wildman–Crippen MR) is 119 cm³/mol. The smallest absolute Gasteiger partial charge is 0.322 e. The molecule has 4 rings (SSSR count). The number of hydrogen-bond acceptors (Lipinski definition) is 4. The van der Waals surface area contributed by atoms with Crippen LogP contribution >= 0.6 is 0 Å². The normalized spacial score (nSPS) is 12.6. The Labute approximate surface area is 204 Å². The van der Waals surface area contributed by atoms with Crippen LogP contribution in [0.5, 0.6) is 0 Å². The van der Waals surface area contributed by atoms with Gasteiger partial charge >= 0.3 is 12.4 Å². The minimum absolute atomic E-state index is 0.0420. The fourth-order valence-electron chi connectivity index (χ4n) is 3.54. The minimum Gasteiger partial charge on any atom is -0.322 e. The molecule has 0 saturated carbocycles. The second kappa shape index (κ2) is 9.18. The van der Waals surface area contributed by atoms with Gasteiger partial charge in [0.15, 0.2) is 0 Å². The van der Waals surface area contributed by atoms with Crippen LogP contribution in [0.15, 0.2) is 66.9 Å². The van der Waals surface area contributed by atoms with Gasteiger partial charge in [0.2, 0.25) is 0 Å². The Bertz CT molecular complexity index is 1590. The number of hydrogen-bond donors (Lipinski definition) is 1. The maximum Gasteiger partial charge on any atom is 0.417 e. The van der Waals surface area contributed by atoms with Crippen LogP contribution in [0, 0.1) is 5.82 Å². The van der Waals surface area contributed by atoms with E-state index < -0.39 is 56.5 Å². The molecule has 37 heavy (non-hydrogen) atoms. The lowest BCUT2D eigenvalue weighted by atomic mass is 10.1. The SMILES string of the molecule is O=C(Nc1ccc2cnn(S(=O)(=O)Cc3ccc(C(F)(F)F)cc3)c2c1)c1c(F)cccc1C(F)(F)F. The standard InChI is InChI=1S/C23H14F7N3O3S/c24-18-3-1-2-17(23(28,29)30)20(18)21(34)32-16-9-6-14-11-31-33(19(14)10-16)37(35,36)12-13-4-7-15(8-5-13)22(25,26)27/h1-11H,12H2,(H,32,34). The maximum absolute atomic E-state index is 14.1. The second-order valence-corrected chi connectivity index (χ2v) is 9.62. The quantitative estimate of drug-likeness (QED) is 0.320. The fraction of sp³-hybridized carbons (Fsp3) is 0.130. The summed E-state index contributed by atoms with van der Waals surface area (Å²) in [7, 11) is -4.27. The van der Waals surface area contributed by atoms with Crippen molar-refractivity contribution in [3.8, 4) is 0 Å². The lowest BCUT2D eigenvalue weighted by molar-refractivity contribution is -0.138. The Morgan fingerprint density at radius 1 is 0.919 bits per heavy atom. The van der Waals surface area contributed by atoms with Crippen LogP contribution in [-0.4, -0.2) is 23.5 Å². The zero-order valence-corrected chi connectivity index (χ0v) is 19.0. The molecular formula is C23H14F7N3O3S. The summed E-state index contributed by atoms with van der Waals surface area (Å²) in [5, 5.41) is 6.18. The van der Waals surface area contributed by atoms with E-state index in [4.69, 9.17) is 0 Å². The van der Waals surface area contributed by atoms with Gasteiger partial charge in [0.1, 0.15) is 5.82 Å². The Balaban J connectivity index is 1.64.